The number of carboxylic acid groups (broad SMARTS) is 1. The molecule has 5 aromatic rings. The third-order valence-corrected chi connectivity index (χ3v) is 7.05. The Morgan fingerprint density at radius 3 is 2.63 bits per heavy atom. The molecule has 3 heterocycles. The Morgan fingerprint density at radius 1 is 1.11 bits per heavy atom. The number of carbonyl (C=O) groups is 1. The van der Waals surface area contributed by atoms with Crippen LogP contribution in [0.4, 0.5) is 0 Å². The van der Waals surface area contributed by atoms with E-state index in [1.165, 1.54) is 17.7 Å². The Hall–Kier alpha value is -3.98. The average molecular weight is 489 g/mol. The molecule has 9 heteroatoms. The molecule has 0 aliphatic carbocycles. The van der Waals surface area contributed by atoms with Gasteiger partial charge in [-0.25, -0.2) is 9.59 Å². The maximum atomic E-state index is 13.4. The Labute approximate surface area is 204 Å². The Bertz CT molecular complexity index is 1720. The summed E-state index contributed by atoms with van der Waals surface area (Å²) in [5.74, 6) is -0.908. The van der Waals surface area contributed by atoms with Crippen molar-refractivity contribution in [1.82, 2.24) is 18.9 Å². The van der Waals surface area contributed by atoms with Gasteiger partial charge in [0, 0.05) is 23.9 Å². The molecular formula is C26H24N4O4S. The highest BCUT2D eigenvalue weighted by Crippen LogP contribution is 2.31. The summed E-state index contributed by atoms with van der Waals surface area (Å²) in [6.45, 7) is 4.75. The van der Waals surface area contributed by atoms with Gasteiger partial charge in [-0.3, -0.25) is 18.6 Å². The van der Waals surface area contributed by atoms with Crippen molar-refractivity contribution in [2.75, 3.05) is 0 Å². The predicted octanol–water partition coefficient (Wildman–Crippen LogP) is 4.18. The normalized spacial score (nSPS) is 11.7. The zero-order valence-electron chi connectivity index (χ0n) is 19.6. The number of hydrogen-bond acceptors (Lipinski definition) is 5. The van der Waals surface area contributed by atoms with E-state index in [0.717, 1.165) is 20.2 Å². The van der Waals surface area contributed by atoms with Gasteiger partial charge >= 0.3 is 11.7 Å². The van der Waals surface area contributed by atoms with Crippen molar-refractivity contribution < 1.29 is 9.90 Å². The van der Waals surface area contributed by atoms with Crippen LogP contribution in [0.25, 0.3) is 32.4 Å². The van der Waals surface area contributed by atoms with Crippen LogP contribution in [0, 0.1) is 5.92 Å². The molecule has 0 spiro atoms. The van der Waals surface area contributed by atoms with E-state index in [2.05, 4.69) is 11.4 Å². The lowest BCUT2D eigenvalue weighted by atomic mass is 10.1. The van der Waals surface area contributed by atoms with Crippen LogP contribution < -0.4 is 11.2 Å². The Balaban J connectivity index is 1.85. The van der Waals surface area contributed by atoms with Gasteiger partial charge < -0.3 is 5.11 Å². The number of thiophene rings is 1. The summed E-state index contributed by atoms with van der Waals surface area (Å²) in [5, 5.41) is 17.8. The molecular weight excluding hydrogens is 464 g/mol. The fourth-order valence-electron chi connectivity index (χ4n) is 4.41. The highest BCUT2D eigenvalue weighted by Gasteiger charge is 2.23. The van der Waals surface area contributed by atoms with Gasteiger partial charge in [-0.2, -0.15) is 5.10 Å². The van der Waals surface area contributed by atoms with Crippen molar-refractivity contribution in [1.29, 1.82) is 0 Å². The second-order valence-electron chi connectivity index (χ2n) is 9.00. The molecule has 35 heavy (non-hydrogen) atoms. The smallest absolute Gasteiger partial charge is 0.335 e. The molecule has 0 saturated carbocycles. The third-order valence-electron chi connectivity index (χ3n) is 6.04. The summed E-state index contributed by atoms with van der Waals surface area (Å²) >= 11 is 1.63. The summed E-state index contributed by atoms with van der Waals surface area (Å²) in [5.41, 5.74) is 1.62. The second kappa shape index (κ2) is 8.66. The summed E-state index contributed by atoms with van der Waals surface area (Å²) in [4.78, 5) is 38.1. The van der Waals surface area contributed by atoms with Crippen molar-refractivity contribution in [3.05, 3.63) is 85.9 Å². The van der Waals surface area contributed by atoms with E-state index in [9.17, 15) is 19.5 Å². The fourth-order valence-corrected chi connectivity index (χ4v) is 5.37. The minimum Gasteiger partial charge on any atom is -0.478 e. The van der Waals surface area contributed by atoms with Gasteiger partial charge in [-0.1, -0.05) is 44.2 Å². The number of aromatic carboxylic acids is 1. The minimum absolute atomic E-state index is 0.108. The van der Waals surface area contributed by atoms with Gasteiger partial charge in [0.05, 0.1) is 17.8 Å². The highest BCUT2D eigenvalue weighted by molar-refractivity contribution is 7.17. The van der Waals surface area contributed by atoms with Crippen LogP contribution in [0.3, 0.4) is 0 Å². The van der Waals surface area contributed by atoms with E-state index in [0.29, 0.717) is 35.4 Å². The standard InChI is InChI=1S/C26H24N4O4S/c1-15(2)12-29-23-21(24(31)28(3)26(29)34)22(16-7-6-8-17(11-16)25(32)33)30(27-23)13-18-14-35-20-10-5-4-9-19(18)20/h4-11,14-15H,12-13H2,1-3H3,(H,32,33). The van der Waals surface area contributed by atoms with Crippen molar-refractivity contribution >= 4 is 38.4 Å². The highest BCUT2D eigenvalue weighted by atomic mass is 32.1. The van der Waals surface area contributed by atoms with Crippen molar-refractivity contribution in [2.24, 2.45) is 13.0 Å². The van der Waals surface area contributed by atoms with Crippen LogP contribution in [0.15, 0.2) is 63.5 Å². The van der Waals surface area contributed by atoms with Gasteiger partial charge in [0.1, 0.15) is 5.39 Å². The molecule has 0 amide bonds. The van der Waals surface area contributed by atoms with Crippen LogP contribution in [-0.2, 0) is 20.1 Å². The van der Waals surface area contributed by atoms with E-state index < -0.39 is 17.2 Å². The molecule has 2 aromatic carbocycles. The molecule has 8 nitrogen and oxygen atoms in total. The average Bonchev–Trinajstić information content (AvgIpc) is 3.42. The lowest BCUT2D eigenvalue weighted by Gasteiger charge is -2.11. The van der Waals surface area contributed by atoms with Gasteiger partial charge in [0.2, 0.25) is 0 Å². The molecule has 0 saturated heterocycles. The molecule has 0 fully saturated rings. The number of nitrogens with zero attached hydrogens (tertiary/aromatic N) is 4. The largest absolute Gasteiger partial charge is 0.478 e. The van der Waals surface area contributed by atoms with Gasteiger partial charge in [0.25, 0.3) is 5.56 Å². The van der Waals surface area contributed by atoms with Crippen LogP contribution in [-0.4, -0.2) is 30.0 Å². The van der Waals surface area contributed by atoms with Crippen molar-refractivity contribution in [2.45, 2.75) is 26.9 Å². The van der Waals surface area contributed by atoms with E-state index in [1.54, 1.807) is 34.2 Å². The molecule has 0 atom stereocenters. The molecule has 178 valence electrons. The molecule has 0 unspecified atom stereocenters. The van der Waals surface area contributed by atoms with Crippen LogP contribution >= 0.6 is 11.3 Å². The van der Waals surface area contributed by atoms with Gasteiger partial charge in [-0.05, 0) is 40.4 Å². The number of aromatic nitrogens is 4. The number of benzene rings is 2. The molecule has 0 aliphatic rings. The van der Waals surface area contributed by atoms with Crippen molar-refractivity contribution in [3.63, 3.8) is 0 Å². The predicted molar refractivity (Wildman–Crippen MR) is 137 cm³/mol. The molecule has 1 N–H and O–H groups in total. The molecule has 0 bridgehead atoms. The maximum absolute atomic E-state index is 13.4. The van der Waals surface area contributed by atoms with E-state index in [4.69, 9.17) is 5.10 Å². The number of rotatable bonds is 6. The minimum atomic E-state index is -1.06. The number of carboxylic acids is 1. The Kier molecular flexibility index (Phi) is 5.64. The fraction of sp³-hybridized carbons (Fsp3) is 0.231. The third kappa shape index (κ3) is 3.87. The van der Waals surface area contributed by atoms with E-state index in [-0.39, 0.29) is 11.5 Å². The second-order valence-corrected chi connectivity index (χ2v) is 9.91. The monoisotopic (exact) mass is 488 g/mol. The number of fused-ring (bicyclic) bond motifs is 2. The van der Waals surface area contributed by atoms with Crippen LogP contribution in [0.5, 0.6) is 0 Å². The van der Waals surface area contributed by atoms with Crippen LogP contribution in [0.2, 0.25) is 0 Å². The molecule has 5 rings (SSSR count). The first kappa shape index (κ1) is 22.8. The van der Waals surface area contributed by atoms with E-state index in [1.807, 2.05) is 32.0 Å². The SMILES string of the molecule is CC(C)Cn1c(=O)n(C)c(=O)c2c(-c3cccc(C(=O)O)c3)n(Cc3csc4ccccc34)nc21. The zero-order valence-corrected chi connectivity index (χ0v) is 20.4. The summed E-state index contributed by atoms with van der Waals surface area (Å²) in [6.07, 6.45) is 0. The summed E-state index contributed by atoms with van der Waals surface area (Å²) in [7, 11) is 1.46. The lowest BCUT2D eigenvalue weighted by molar-refractivity contribution is 0.0697. The first-order valence-corrected chi connectivity index (χ1v) is 12.1. The molecule has 0 aliphatic heterocycles. The van der Waals surface area contributed by atoms with E-state index >= 15 is 0 Å². The maximum Gasteiger partial charge on any atom is 0.335 e. The first-order chi connectivity index (χ1) is 16.8. The topological polar surface area (TPSA) is 99.1 Å². The summed E-state index contributed by atoms with van der Waals surface area (Å²) in [6, 6.07) is 14.5. The number of hydrogen-bond donors (Lipinski definition) is 1. The molecule has 3 aromatic heterocycles. The quantitative estimate of drug-likeness (QED) is 0.387. The molecule has 0 radical (unpaired) electrons. The van der Waals surface area contributed by atoms with Crippen molar-refractivity contribution in [3.8, 4) is 11.3 Å². The van der Waals surface area contributed by atoms with Crippen LogP contribution in [0.1, 0.15) is 29.8 Å². The van der Waals surface area contributed by atoms with Gasteiger partial charge in [-0.15, -0.1) is 11.3 Å². The van der Waals surface area contributed by atoms with Gasteiger partial charge in [0.15, 0.2) is 5.65 Å². The summed E-state index contributed by atoms with van der Waals surface area (Å²) < 4.78 is 5.49. The Morgan fingerprint density at radius 2 is 1.89 bits per heavy atom. The zero-order chi connectivity index (χ0) is 24.9. The lowest BCUT2D eigenvalue weighted by Crippen LogP contribution is -2.38. The first-order valence-electron chi connectivity index (χ1n) is 11.3.